The van der Waals surface area contributed by atoms with Gasteiger partial charge in [0.1, 0.15) is 11.5 Å². The predicted octanol–water partition coefficient (Wildman–Crippen LogP) is 7.57. The van der Waals surface area contributed by atoms with Crippen LogP contribution in [0.25, 0.3) is 22.1 Å². The monoisotopic (exact) mass is 495 g/mol. The fourth-order valence-corrected chi connectivity index (χ4v) is 4.35. The zero-order chi connectivity index (χ0) is 25.4. The molecule has 0 aliphatic carbocycles. The number of rotatable bonds is 18. The maximum Gasteiger partial charge on any atom is 0.344 e. The van der Waals surface area contributed by atoms with Gasteiger partial charge in [0.25, 0.3) is 0 Å². The molecule has 0 saturated heterocycles. The lowest BCUT2D eigenvalue weighted by Crippen LogP contribution is -2.04. The van der Waals surface area contributed by atoms with E-state index in [1.807, 2.05) is 30.3 Å². The third-order valence-electron chi connectivity index (χ3n) is 6.40. The lowest BCUT2D eigenvalue weighted by molar-refractivity contribution is 0.143. The summed E-state index contributed by atoms with van der Waals surface area (Å²) in [5.74, 6) is 1.33. The molecule has 0 atom stereocenters. The van der Waals surface area contributed by atoms with E-state index >= 15 is 0 Å². The van der Waals surface area contributed by atoms with E-state index in [9.17, 15) is 4.79 Å². The number of unbranched alkanes of at least 4 members (excludes halogenated alkanes) is 10. The normalized spacial score (nSPS) is 11.2. The van der Waals surface area contributed by atoms with E-state index in [0.717, 1.165) is 37.0 Å². The van der Waals surface area contributed by atoms with Crippen LogP contribution in [0.15, 0.2) is 51.9 Å². The highest BCUT2D eigenvalue weighted by Crippen LogP contribution is 2.29. The second-order valence-corrected chi connectivity index (χ2v) is 9.16. The van der Waals surface area contributed by atoms with Crippen LogP contribution in [-0.2, 0) is 4.74 Å². The quantitative estimate of drug-likeness (QED) is 0.169. The SMILES string of the molecule is CCOCCCCCCCCCCCCCOc1cncc2oc(=O)c(-c3cccc(OC)c3)cc12. The summed E-state index contributed by atoms with van der Waals surface area (Å²) in [6.45, 7) is 4.42. The molecule has 6 nitrogen and oxygen atoms in total. The van der Waals surface area contributed by atoms with Gasteiger partial charge in [-0.3, -0.25) is 4.98 Å². The van der Waals surface area contributed by atoms with E-state index in [4.69, 9.17) is 18.6 Å². The zero-order valence-electron chi connectivity index (χ0n) is 21.9. The largest absolute Gasteiger partial charge is 0.497 e. The summed E-state index contributed by atoms with van der Waals surface area (Å²) in [6.07, 6.45) is 17.1. The van der Waals surface area contributed by atoms with Crippen LogP contribution in [-0.4, -0.2) is 31.9 Å². The van der Waals surface area contributed by atoms with Gasteiger partial charge in [-0.05, 0) is 43.5 Å². The molecule has 0 unspecified atom stereocenters. The van der Waals surface area contributed by atoms with Gasteiger partial charge in [-0.1, -0.05) is 69.9 Å². The molecule has 0 N–H and O–H groups in total. The molecule has 0 amide bonds. The Morgan fingerprint density at radius 1 is 0.833 bits per heavy atom. The van der Waals surface area contributed by atoms with Crippen LogP contribution in [0.4, 0.5) is 0 Å². The minimum Gasteiger partial charge on any atom is -0.497 e. The standard InChI is InChI=1S/C30H41NO5/c1-3-34-18-13-11-9-7-5-4-6-8-10-12-14-19-35-28-22-31-23-29-27(28)21-26(30(32)36-29)24-16-15-17-25(20-24)33-2/h15-17,20-23H,3-14,18-19H2,1-2H3. The van der Waals surface area contributed by atoms with Crippen LogP contribution in [0.3, 0.4) is 0 Å². The van der Waals surface area contributed by atoms with Crippen molar-refractivity contribution < 1.29 is 18.6 Å². The summed E-state index contributed by atoms with van der Waals surface area (Å²) in [7, 11) is 1.60. The first kappa shape index (κ1) is 27.7. The number of fused-ring (bicyclic) bond motifs is 1. The van der Waals surface area contributed by atoms with Crippen molar-refractivity contribution in [3.8, 4) is 22.6 Å². The van der Waals surface area contributed by atoms with E-state index in [2.05, 4.69) is 11.9 Å². The molecule has 3 rings (SSSR count). The van der Waals surface area contributed by atoms with Crippen LogP contribution >= 0.6 is 0 Å². The molecular weight excluding hydrogens is 454 g/mol. The number of hydrogen-bond donors (Lipinski definition) is 0. The third-order valence-corrected chi connectivity index (χ3v) is 6.40. The minimum atomic E-state index is -0.406. The summed E-state index contributed by atoms with van der Waals surface area (Å²) in [6, 6.07) is 9.22. The highest BCUT2D eigenvalue weighted by Gasteiger charge is 2.12. The summed E-state index contributed by atoms with van der Waals surface area (Å²) in [4.78, 5) is 16.8. The minimum absolute atomic E-state index is 0.406. The Kier molecular flexibility index (Phi) is 12.3. The van der Waals surface area contributed by atoms with Crippen molar-refractivity contribution in [2.75, 3.05) is 26.9 Å². The Labute approximate surface area is 215 Å². The number of nitrogens with zero attached hydrogens (tertiary/aromatic N) is 1. The average molecular weight is 496 g/mol. The smallest absolute Gasteiger partial charge is 0.344 e. The molecular formula is C30H41NO5. The van der Waals surface area contributed by atoms with Gasteiger partial charge in [-0.25, -0.2) is 4.79 Å². The fraction of sp³-hybridized carbons (Fsp3) is 0.533. The van der Waals surface area contributed by atoms with E-state index in [1.54, 1.807) is 19.5 Å². The van der Waals surface area contributed by atoms with Crippen molar-refractivity contribution in [2.45, 2.75) is 77.6 Å². The molecule has 2 aromatic heterocycles. The van der Waals surface area contributed by atoms with E-state index in [-0.39, 0.29) is 0 Å². The molecule has 196 valence electrons. The first-order chi connectivity index (χ1) is 17.7. The first-order valence-electron chi connectivity index (χ1n) is 13.5. The Hall–Kier alpha value is -2.86. The highest BCUT2D eigenvalue weighted by molar-refractivity contribution is 5.86. The summed E-state index contributed by atoms with van der Waals surface area (Å²) < 4.78 is 22.3. The molecule has 1 aromatic carbocycles. The maximum atomic E-state index is 12.6. The predicted molar refractivity (Wildman–Crippen MR) is 145 cm³/mol. The van der Waals surface area contributed by atoms with Crippen LogP contribution < -0.4 is 15.1 Å². The first-order valence-corrected chi connectivity index (χ1v) is 13.5. The highest BCUT2D eigenvalue weighted by atomic mass is 16.5. The Morgan fingerprint density at radius 2 is 1.50 bits per heavy atom. The number of hydrogen-bond acceptors (Lipinski definition) is 6. The molecule has 36 heavy (non-hydrogen) atoms. The second kappa shape index (κ2) is 16.0. The van der Waals surface area contributed by atoms with Gasteiger partial charge >= 0.3 is 5.63 Å². The third kappa shape index (κ3) is 8.98. The molecule has 0 spiro atoms. The van der Waals surface area contributed by atoms with E-state index in [0.29, 0.717) is 29.3 Å². The molecule has 6 heteroatoms. The van der Waals surface area contributed by atoms with E-state index < -0.39 is 5.63 Å². The summed E-state index contributed by atoms with van der Waals surface area (Å²) in [5, 5.41) is 0.750. The van der Waals surface area contributed by atoms with Crippen molar-refractivity contribution in [3.05, 3.63) is 53.1 Å². The Bertz CT molecular complexity index is 1090. The molecule has 2 heterocycles. The molecule has 0 fully saturated rings. The van der Waals surface area contributed by atoms with Gasteiger partial charge in [-0.15, -0.1) is 0 Å². The van der Waals surface area contributed by atoms with Crippen LogP contribution in [0.1, 0.15) is 77.6 Å². The van der Waals surface area contributed by atoms with Crippen molar-refractivity contribution in [3.63, 3.8) is 0 Å². The summed E-state index contributed by atoms with van der Waals surface area (Å²) >= 11 is 0. The number of ether oxygens (including phenoxy) is 3. The van der Waals surface area contributed by atoms with Gasteiger partial charge in [0, 0.05) is 13.2 Å². The molecule has 0 radical (unpaired) electrons. The second-order valence-electron chi connectivity index (χ2n) is 9.16. The molecule has 0 bridgehead atoms. The molecule has 3 aromatic rings. The lowest BCUT2D eigenvalue weighted by atomic mass is 10.1. The number of benzene rings is 1. The Morgan fingerprint density at radius 3 is 2.17 bits per heavy atom. The van der Waals surface area contributed by atoms with Crippen molar-refractivity contribution >= 4 is 11.0 Å². The van der Waals surface area contributed by atoms with Crippen LogP contribution in [0, 0.1) is 0 Å². The zero-order valence-corrected chi connectivity index (χ0v) is 21.9. The molecule has 0 aliphatic rings. The molecule has 0 aliphatic heterocycles. The van der Waals surface area contributed by atoms with E-state index in [1.165, 1.54) is 57.8 Å². The average Bonchev–Trinajstić information content (AvgIpc) is 2.90. The van der Waals surface area contributed by atoms with Crippen molar-refractivity contribution in [2.24, 2.45) is 0 Å². The van der Waals surface area contributed by atoms with Crippen LogP contribution in [0.2, 0.25) is 0 Å². The molecule has 0 saturated carbocycles. The van der Waals surface area contributed by atoms with Gasteiger partial charge in [0.15, 0.2) is 5.58 Å². The van der Waals surface area contributed by atoms with Crippen molar-refractivity contribution in [1.29, 1.82) is 0 Å². The van der Waals surface area contributed by atoms with Crippen LogP contribution in [0.5, 0.6) is 11.5 Å². The lowest BCUT2D eigenvalue weighted by Gasteiger charge is -2.10. The Balaban J connectivity index is 1.38. The summed E-state index contributed by atoms with van der Waals surface area (Å²) in [5.41, 5.74) is 1.24. The number of aromatic nitrogens is 1. The maximum absolute atomic E-state index is 12.6. The van der Waals surface area contributed by atoms with Crippen molar-refractivity contribution in [1.82, 2.24) is 4.98 Å². The number of pyridine rings is 1. The van der Waals surface area contributed by atoms with Gasteiger partial charge in [0.05, 0.1) is 37.1 Å². The van der Waals surface area contributed by atoms with Gasteiger partial charge < -0.3 is 18.6 Å². The van der Waals surface area contributed by atoms with Gasteiger partial charge in [0.2, 0.25) is 0 Å². The fourth-order valence-electron chi connectivity index (χ4n) is 4.35. The van der Waals surface area contributed by atoms with Gasteiger partial charge in [-0.2, -0.15) is 0 Å². The number of methoxy groups -OCH3 is 1. The topological polar surface area (TPSA) is 70.8 Å².